The van der Waals surface area contributed by atoms with E-state index in [0.717, 1.165) is 5.69 Å². The van der Waals surface area contributed by atoms with Crippen LogP contribution >= 0.6 is 0 Å². The molecule has 1 aromatic rings. The summed E-state index contributed by atoms with van der Waals surface area (Å²) in [7, 11) is 0. The zero-order chi connectivity index (χ0) is 6.97. The van der Waals surface area contributed by atoms with Gasteiger partial charge < -0.3 is 0 Å². The fourth-order valence-electron chi connectivity index (χ4n) is 0.992. The number of hydrogen-bond donors (Lipinski definition) is 0. The minimum atomic E-state index is 0.00981. The molecule has 0 radical (unpaired) electrons. The molecule has 10 heavy (non-hydrogen) atoms. The van der Waals surface area contributed by atoms with Crippen LogP contribution < -0.4 is 0 Å². The van der Waals surface area contributed by atoms with Crippen LogP contribution in [0.1, 0.15) is 10.4 Å². The molecule has 0 saturated heterocycles. The number of rotatable bonds is 0. The lowest BCUT2D eigenvalue weighted by Gasteiger charge is -1.90. The topological polar surface area (TPSA) is 29.4 Å². The zero-order valence-electron chi connectivity index (χ0n) is 5.24. The van der Waals surface area contributed by atoms with Crippen LogP contribution in [-0.2, 0) is 0 Å². The maximum atomic E-state index is 10.9. The normalized spacial score (nSPS) is 13.8. The third-order valence-electron chi connectivity index (χ3n) is 1.49. The molecule has 0 N–H and O–H groups in total. The van der Waals surface area contributed by atoms with Crippen LogP contribution in [0.5, 0.6) is 0 Å². The fourth-order valence-corrected chi connectivity index (χ4v) is 0.992. The van der Waals surface area contributed by atoms with Crippen LogP contribution in [0.3, 0.4) is 0 Å². The predicted octanol–water partition coefficient (Wildman–Crippen LogP) is 1.59. The van der Waals surface area contributed by atoms with Crippen molar-refractivity contribution in [2.24, 2.45) is 4.99 Å². The van der Waals surface area contributed by atoms with Gasteiger partial charge in [-0.1, -0.05) is 12.1 Å². The Hall–Kier alpha value is -1.44. The highest BCUT2D eigenvalue weighted by Gasteiger charge is 2.12. The summed E-state index contributed by atoms with van der Waals surface area (Å²) in [5, 5.41) is 0. The van der Waals surface area contributed by atoms with E-state index in [9.17, 15) is 4.79 Å². The quantitative estimate of drug-likeness (QED) is 0.525. The molecule has 1 aliphatic heterocycles. The number of benzene rings is 1. The molecule has 0 unspecified atom stereocenters. The van der Waals surface area contributed by atoms with Crippen molar-refractivity contribution in [1.82, 2.24) is 0 Å². The van der Waals surface area contributed by atoms with Crippen molar-refractivity contribution in [3.63, 3.8) is 0 Å². The van der Waals surface area contributed by atoms with Crippen LogP contribution in [0, 0.1) is 0 Å². The molecule has 2 nitrogen and oxygen atoms in total. The van der Waals surface area contributed by atoms with Crippen molar-refractivity contribution >= 4 is 17.7 Å². The first kappa shape index (κ1) is 5.35. The smallest absolute Gasteiger partial charge is 0.206 e. The first-order valence-corrected chi connectivity index (χ1v) is 3.05. The van der Waals surface area contributed by atoms with Gasteiger partial charge in [0.25, 0.3) is 0 Å². The first-order valence-electron chi connectivity index (χ1n) is 3.05. The first-order chi connectivity index (χ1) is 4.88. The van der Waals surface area contributed by atoms with Gasteiger partial charge in [-0.2, -0.15) is 0 Å². The molecule has 1 heterocycles. The number of para-hydroxylation sites is 1. The van der Waals surface area contributed by atoms with Crippen LogP contribution in [0.15, 0.2) is 29.3 Å². The lowest BCUT2D eigenvalue weighted by atomic mass is 10.1. The molecule has 1 aromatic carbocycles. The van der Waals surface area contributed by atoms with Crippen molar-refractivity contribution in [3.8, 4) is 0 Å². The molecule has 0 bridgehead atoms. The summed E-state index contributed by atoms with van der Waals surface area (Å²) in [6, 6.07) is 7.32. The second-order valence-corrected chi connectivity index (χ2v) is 2.14. The Bertz CT molecular complexity index is 315. The summed E-state index contributed by atoms with van der Waals surface area (Å²) in [5.74, 6) is 0.00981. The van der Waals surface area contributed by atoms with Crippen molar-refractivity contribution in [2.45, 2.75) is 0 Å². The Morgan fingerprint density at radius 3 is 2.80 bits per heavy atom. The van der Waals surface area contributed by atoms with Gasteiger partial charge in [0.15, 0.2) is 0 Å². The number of Topliss-reactive ketones (excluding diaryl/α,β-unsaturated/α-hetero) is 1. The van der Waals surface area contributed by atoms with E-state index >= 15 is 0 Å². The van der Waals surface area contributed by atoms with E-state index < -0.39 is 0 Å². The van der Waals surface area contributed by atoms with Crippen molar-refractivity contribution in [3.05, 3.63) is 29.8 Å². The van der Waals surface area contributed by atoms with E-state index in [1.54, 1.807) is 6.07 Å². The predicted molar refractivity (Wildman–Crippen MR) is 38.9 cm³/mol. The number of carbonyl (C=O) groups is 1. The van der Waals surface area contributed by atoms with E-state index in [1.807, 2.05) is 18.2 Å². The monoisotopic (exact) mass is 131 g/mol. The van der Waals surface area contributed by atoms with Crippen LogP contribution in [-0.4, -0.2) is 12.0 Å². The molecule has 0 spiro atoms. The fraction of sp³-hybridized carbons (Fsp3) is 0. The van der Waals surface area contributed by atoms with Gasteiger partial charge in [0.1, 0.15) is 0 Å². The lowest BCUT2D eigenvalue weighted by molar-refractivity contribution is 0.107. The largest absolute Gasteiger partial charge is 0.287 e. The summed E-state index contributed by atoms with van der Waals surface area (Å²) in [5.41, 5.74) is 1.50. The number of nitrogens with zero attached hydrogens (tertiary/aromatic N) is 1. The number of fused-ring (bicyclic) bond motifs is 1. The van der Waals surface area contributed by atoms with Gasteiger partial charge in [-0.25, -0.2) is 0 Å². The Balaban J connectivity index is 2.70. The zero-order valence-corrected chi connectivity index (χ0v) is 5.24. The number of aliphatic imine (C=N–C) groups is 1. The highest BCUT2D eigenvalue weighted by Crippen LogP contribution is 2.22. The molecular formula is C8H5NO. The van der Waals surface area contributed by atoms with Gasteiger partial charge in [0.05, 0.1) is 11.9 Å². The SMILES string of the molecule is O=C1C=Nc2ccccc21. The van der Waals surface area contributed by atoms with E-state index in [0.29, 0.717) is 5.56 Å². The molecule has 2 heteroatoms. The van der Waals surface area contributed by atoms with Gasteiger partial charge in [-0.15, -0.1) is 0 Å². The minimum absolute atomic E-state index is 0.00981. The van der Waals surface area contributed by atoms with Crippen molar-refractivity contribution < 1.29 is 4.79 Å². The Morgan fingerprint density at radius 1 is 1.20 bits per heavy atom. The molecule has 48 valence electrons. The molecule has 0 fully saturated rings. The molecule has 2 rings (SSSR count). The van der Waals surface area contributed by atoms with Crippen molar-refractivity contribution in [2.75, 3.05) is 0 Å². The van der Waals surface area contributed by atoms with Crippen LogP contribution in [0.25, 0.3) is 0 Å². The minimum Gasteiger partial charge on any atom is -0.287 e. The molecule has 1 aliphatic rings. The van der Waals surface area contributed by atoms with E-state index in [2.05, 4.69) is 4.99 Å². The summed E-state index contributed by atoms with van der Waals surface area (Å²) in [6.07, 6.45) is 1.35. The molecule has 0 aliphatic carbocycles. The highest BCUT2D eigenvalue weighted by atomic mass is 16.1. The molecular weight excluding hydrogens is 126 g/mol. The van der Waals surface area contributed by atoms with E-state index in [1.165, 1.54) is 6.21 Å². The average molecular weight is 131 g/mol. The van der Waals surface area contributed by atoms with E-state index in [4.69, 9.17) is 0 Å². The number of carbonyl (C=O) groups excluding carboxylic acids is 1. The molecule has 0 aromatic heterocycles. The van der Waals surface area contributed by atoms with Crippen LogP contribution in [0.4, 0.5) is 5.69 Å². The third kappa shape index (κ3) is 0.589. The Kier molecular flexibility index (Phi) is 0.947. The Labute approximate surface area is 58.2 Å². The summed E-state index contributed by atoms with van der Waals surface area (Å²) < 4.78 is 0. The maximum Gasteiger partial charge on any atom is 0.206 e. The second-order valence-electron chi connectivity index (χ2n) is 2.14. The van der Waals surface area contributed by atoms with Gasteiger partial charge in [0.2, 0.25) is 5.78 Å². The van der Waals surface area contributed by atoms with E-state index in [-0.39, 0.29) is 5.78 Å². The third-order valence-corrected chi connectivity index (χ3v) is 1.49. The lowest BCUT2D eigenvalue weighted by Crippen LogP contribution is -1.92. The summed E-state index contributed by atoms with van der Waals surface area (Å²) in [6.45, 7) is 0. The van der Waals surface area contributed by atoms with Gasteiger partial charge >= 0.3 is 0 Å². The average Bonchev–Trinajstić information content (AvgIpc) is 2.34. The van der Waals surface area contributed by atoms with Gasteiger partial charge in [-0.05, 0) is 12.1 Å². The molecule has 0 saturated carbocycles. The number of ketones is 1. The Morgan fingerprint density at radius 2 is 2.00 bits per heavy atom. The van der Waals surface area contributed by atoms with Gasteiger partial charge in [0, 0.05) is 5.56 Å². The van der Waals surface area contributed by atoms with Gasteiger partial charge in [-0.3, -0.25) is 9.79 Å². The second kappa shape index (κ2) is 1.77. The summed E-state index contributed by atoms with van der Waals surface area (Å²) in [4.78, 5) is 14.8. The molecule has 0 amide bonds. The number of hydrogen-bond acceptors (Lipinski definition) is 2. The maximum absolute atomic E-state index is 10.9. The molecule has 0 atom stereocenters. The van der Waals surface area contributed by atoms with Crippen molar-refractivity contribution in [1.29, 1.82) is 0 Å². The van der Waals surface area contributed by atoms with Crippen LogP contribution in [0.2, 0.25) is 0 Å². The standard InChI is InChI=1S/C8H5NO/c10-8-5-9-7-4-2-1-3-6(7)8/h1-5H. The highest BCUT2D eigenvalue weighted by molar-refractivity contribution is 6.39. The summed E-state index contributed by atoms with van der Waals surface area (Å²) >= 11 is 0.